The molecule has 0 unspecified atom stereocenters. The van der Waals surface area contributed by atoms with Gasteiger partial charge >= 0.3 is 14.8 Å². The molecule has 0 rings (SSSR count). The first-order chi connectivity index (χ1) is 8.14. The molecule has 0 saturated heterocycles. The van der Waals surface area contributed by atoms with Crippen molar-refractivity contribution in [3.8, 4) is 0 Å². The fourth-order valence-corrected chi connectivity index (χ4v) is 2.77. The highest BCUT2D eigenvalue weighted by Gasteiger charge is 2.36. The Morgan fingerprint density at radius 1 is 1.29 bits per heavy atom. The molecule has 0 fully saturated rings. The summed E-state index contributed by atoms with van der Waals surface area (Å²) in [6, 6.07) is 0.612. The lowest BCUT2D eigenvalue weighted by Gasteiger charge is -2.23. The number of carbonyl (C=O) groups excluding carboxylic acids is 1. The highest BCUT2D eigenvalue weighted by molar-refractivity contribution is 6.60. The average Bonchev–Trinajstić information content (AvgIpc) is 2.41. The van der Waals surface area contributed by atoms with Gasteiger partial charge in [-0.1, -0.05) is 6.58 Å². The van der Waals surface area contributed by atoms with E-state index < -0.39 is 14.8 Å². The summed E-state index contributed by atoms with van der Waals surface area (Å²) in [5, 5.41) is 0. The van der Waals surface area contributed by atoms with Crippen molar-refractivity contribution in [3.63, 3.8) is 0 Å². The van der Waals surface area contributed by atoms with E-state index in [1.807, 2.05) is 0 Å². The van der Waals surface area contributed by atoms with Crippen LogP contribution in [0.3, 0.4) is 0 Å². The first-order valence-corrected chi connectivity index (χ1v) is 7.86. The second-order valence-electron chi connectivity index (χ2n) is 2.77. The van der Waals surface area contributed by atoms with Crippen molar-refractivity contribution in [1.82, 2.24) is 0 Å². The molecule has 0 radical (unpaired) electrons. The Hall–Kier alpha value is -0.516. The number of hydrogen-bond acceptors (Lipinski definition) is 6. The van der Waals surface area contributed by atoms with Crippen LogP contribution in [0.15, 0.2) is 12.7 Å². The lowest BCUT2D eigenvalue weighted by atomic mass is 10.5. The molecule has 0 bridgehead atoms. The average molecular weight is 282 g/mol. The predicted molar refractivity (Wildman–Crippen MR) is 69.5 cm³/mol. The molecule has 0 atom stereocenters. The van der Waals surface area contributed by atoms with Gasteiger partial charge in [-0.2, -0.15) is 0 Å². The summed E-state index contributed by atoms with van der Waals surface area (Å²) >= 11 is 0. The first-order valence-electron chi connectivity index (χ1n) is 5.03. The number of hydrogen-bond donors (Lipinski definition) is 1. The van der Waals surface area contributed by atoms with Crippen LogP contribution in [0.1, 0.15) is 6.42 Å². The smallest absolute Gasteiger partial charge is 0.463 e. The molecule has 17 heavy (non-hydrogen) atoms. The molecule has 102 valence electrons. The number of rotatable bonds is 8. The molecule has 0 saturated carbocycles. The zero-order valence-electron chi connectivity index (χ0n) is 10.9. The van der Waals surface area contributed by atoms with Crippen molar-refractivity contribution >= 4 is 25.3 Å². The summed E-state index contributed by atoms with van der Waals surface area (Å²) in [7, 11) is 2.44. The number of esters is 1. The highest BCUT2D eigenvalue weighted by Crippen LogP contribution is 2.14. The van der Waals surface area contributed by atoms with Crippen LogP contribution in [0, 0.1) is 0 Å². The van der Waals surface area contributed by atoms with Crippen LogP contribution < -0.4 is 0 Å². The van der Waals surface area contributed by atoms with Crippen molar-refractivity contribution in [2.45, 2.75) is 12.5 Å². The third-order valence-corrected chi connectivity index (χ3v) is 4.80. The van der Waals surface area contributed by atoms with Gasteiger partial charge < -0.3 is 22.8 Å². The normalized spacial score (nSPS) is 10.4. The van der Waals surface area contributed by atoms with Crippen LogP contribution in [0.5, 0.6) is 0 Å². The van der Waals surface area contributed by atoms with Gasteiger partial charge in [0.15, 0.2) is 0 Å². The molecule has 0 spiro atoms. The standard InChI is InChI=1S/C9H18O5Si.H4OSi/c1-5-9(10)14-7-6-8-15(11-2,12-3)13-4;1-2/h5H,1,6-8H2,2-4H3;1H,2H3. The number of carbonyl (C=O) groups is 1. The van der Waals surface area contributed by atoms with Gasteiger partial charge in [-0.05, 0) is 6.42 Å². The van der Waals surface area contributed by atoms with E-state index in [9.17, 15) is 4.79 Å². The Balaban J connectivity index is 0. The highest BCUT2D eigenvalue weighted by atomic mass is 28.4. The minimum absolute atomic E-state index is 0.306. The van der Waals surface area contributed by atoms with Gasteiger partial charge in [0.2, 0.25) is 0 Å². The minimum atomic E-state index is -2.52. The monoisotopic (exact) mass is 282 g/mol. The molecule has 0 aliphatic carbocycles. The van der Waals surface area contributed by atoms with Gasteiger partial charge in [-0.25, -0.2) is 4.79 Å². The maximum Gasteiger partial charge on any atom is 0.500 e. The van der Waals surface area contributed by atoms with Gasteiger partial charge in [0.1, 0.15) is 10.5 Å². The molecule has 0 aliphatic heterocycles. The zero-order chi connectivity index (χ0) is 13.7. The van der Waals surface area contributed by atoms with Gasteiger partial charge in [0.25, 0.3) is 0 Å². The summed E-state index contributed by atoms with van der Waals surface area (Å²) in [6.07, 6.45) is 1.77. The van der Waals surface area contributed by atoms with Crippen molar-refractivity contribution in [2.24, 2.45) is 0 Å². The van der Waals surface area contributed by atoms with Gasteiger partial charge in [-0.3, -0.25) is 0 Å². The van der Waals surface area contributed by atoms with Gasteiger partial charge in [0.05, 0.1) is 6.61 Å². The summed E-state index contributed by atoms with van der Waals surface area (Å²) in [4.78, 5) is 17.9. The molecule has 0 aromatic rings. The van der Waals surface area contributed by atoms with Crippen molar-refractivity contribution in [2.75, 3.05) is 27.9 Å². The van der Waals surface area contributed by atoms with E-state index in [1.54, 1.807) is 21.3 Å². The van der Waals surface area contributed by atoms with E-state index in [2.05, 4.69) is 6.58 Å². The minimum Gasteiger partial charge on any atom is -0.463 e. The second kappa shape index (κ2) is 12.0. The molecule has 1 N–H and O–H groups in total. The summed E-state index contributed by atoms with van der Waals surface area (Å²) < 4.78 is 20.4. The van der Waals surface area contributed by atoms with Crippen LogP contribution in [0.25, 0.3) is 0 Å². The first kappa shape index (κ1) is 18.8. The fraction of sp³-hybridized carbons (Fsp3) is 0.667. The second-order valence-corrected chi connectivity index (χ2v) is 5.86. The Kier molecular flexibility index (Phi) is 13.2. The molecular weight excluding hydrogens is 260 g/mol. The molecule has 0 heterocycles. The lowest BCUT2D eigenvalue weighted by molar-refractivity contribution is -0.137. The van der Waals surface area contributed by atoms with Gasteiger partial charge in [-0.15, -0.1) is 0 Å². The van der Waals surface area contributed by atoms with Crippen LogP contribution in [0.2, 0.25) is 6.04 Å². The molecule has 0 aromatic heterocycles. The van der Waals surface area contributed by atoms with Crippen molar-refractivity contribution in [3.05, 3.63) is 12.7 Å². The molecule has 6 nitrogen and oxygen atoms in total. The van der Waals surface area contributed by atoms with Crippen molar-refractivity contribution < 1.29 is 27.6 Å². The zero-order valence-corrected chi connectivity index (χ0v) is 13.9. The van der Waals surface area contributed by atoms with Crippen LogP contribution in [-0.2, 0) is 22.8 Å². The van der Waals surface area contributed by atoms with E-state index in [1.165, 1.54) is 0 Å². The van der Waals surface area contributed by atoms with E-state index in [4.69, 9.17) is 22.8 Å². The molecular formula is C9H22O6Si2. The largest absolute Gasteiger partial charge is 0.500 e. The van der Waals surface area contributed by atoms with E-state index in [0.29, 0.717) is 29.6 Å². The Morgan fingerprint density at radius 2 is 1.76 bits per heavy atom. The van der Waals surface area contributed by atoms with Crippen LogP contribution in [-0.4, -0.2) is 58.0 Å². The van der Waals surface area contributed by atoms with E-state index in [-0.39, 0.29) is 0 Å². The Morgan fingerprint density at radius 3 is 2.12 bits per heavy atom. The third-order valence-electron chi connectivity index (χ3n) is 1.97. The SMILES string of the molecule is C=CC(=O)OCCC[Si](OC)(OC)OC.O[SiH3]. The molecule has 0 amide bonds. The van der Waals surface area contributed by atoms with Gasteiger partial charge in [0, 0.05) is 33.4 Å². The summed E-state index contributed by atoms with van der Waals surface area (Å²) in [5.41, 5.74) is 0. The number of ether oxygens (including phenoxy) is 1. The van der Waals surface area contributed by atoms with Crippen molar-refractivity contribution in [1.29, 1.82) is 0 Å². The fourth-order valence-electron chi connectivity index (χ4n) is 1.08. The third kappa shape index (κ3) is 8.24. The predicted octanol–water partition coefficient (Wildman–Crippen LogP) is -0.757. The van der Waals surface area contributed by atoms with E-state index >= 15 is 0 Å². The quantitative estimate of drug-likeness (QED) is 0.273. The van der Waals surface area contributed by atoms with Crippen LogP contribution >= 0.6 is 0 Å². The molecule has 0 aromatic carbocycles. The maximum absolute atomic E-state index is 10.7. The Labute approximate surface area is 106 Å². The molecule has 0 aliphatic rings. The van der Waals surface area contributed by atoms with E-state index in [0.717, 1.165) is 6.08 Å². The summed E-state index contributed by atoms with van der Waals surface area (Å²) in [5.74, 6) is -0.422. The Bertz CT molecular complexity index is 199. The topological polar surface area (TPSA) is 74.2 Å². The molecule has 8 heteroatoms. The summed E-state index contributed by atoms with van der Waals surface area (Å²) in [6.45, 7) is 3.61. The maximum atomic E-state index is 10.7. The van der Waals surface area contributed by atoms with Crippen LogP contribution in [0.4, 0.5) is 0 Å². The lowest BCUT2D eigenvalue weighted by Crippen LogP contribution is -2.42.